The second-order valence-corrected chi connectivity index (χ2v) is 5.12. The fraction of sp³-hybridized carbons (Fsp3) is 0.909. The third kappa shape index (κ3) is 4.47. The van der Waals surface area contributed by atoms with Crippen molar-refractivity contribution in [3.63, 3.8) is 0 Å². The van der Waals surface area contributed by atoms with Crippen LogP contribution in [0.5, 0.6) is 0 Å². The van der Waals surface area contributed by atoms with E-state index in [2.05, 4.69) is 5.32 Å². The summed E-state index contributed by atoms with van der Waals surface area (Å²) in [5.41, 5.74) is -0.0572. The van der Waals surface area contributed by atoms with Crippen molar-refractivity contribution in [3.8, 4) is 0 Å². The van der Waals surface area contributed by atoms with Gasteiger partial charge in [-0.05, 0) is 20.8 Å². The topological polar surface area (TPSA) is 61.8 Å². The van der Waals surface area contributed by atoms with Crippen molar-refractivity contribution in [1.29, 1.82) is 0 Å². The number of hydrogen-bond acceptors (Lipinski definition) is 4. The number of ether oxygens (including phenoxy) is 1. The van der Waals surface area contributed by atoms with Gasteiger partial charge in [0.1, 0.15) is 0 Å². The number of hydrogen-bond donors (Lipinski definition) is 2. The Labute approximate surface area is 96.8 Å². The molecule has 1 aliphatic rings. The van der Waals surface area contributed by atoms with Gasteiger partial charge in [0.15, 0.2) is 0 Å². The Bertz CT molecular complexity index is 238. The zero-order valence-electron chi connectivity index (χ0n) is 10.3. The standard InChI is InChI=1S/C11H22N2O3/c1-11(2,3)12-6-10(15)13-4-5-16-9(7-13)8-14/h9,12,14H,4-8H2,1-3H3. The molecule has 1 fully saturated rings. The van der Waals surface area contributed by atoms with Crippen LogP contribution in [-0.4, -0.2) is 60.4 Å². The lowest BCUT2D eigenvalue weighted by Gasteiger charge is -2.33. The number of carbonyl (C=O) groups excluding carboxylic acids is 1. The molecule has 94 valence electrons. The molecule has 16 heavy (non-hydrogen) atoms. The van der Waals surface area contributed by atoms with E-state index in [9.17, 15) is 4.79 Å². The van der Waals surface area contributed by atoms with Gasteiger partial charge in [-0.15, -0.1) is 0 Å². The van der Waals surface area contributed by atoms with Crippen LogP contribution in [0.25, 0.3) is 0 Å². The molecule has 5 heteroatoms. The summed E-state index contributed by atoms with van der Waals surface area (Å²) in [4.78, 5) is 13.6. The molecule has 5 nitrogen and oxygen atoms in total. The summed E-state index contributed by atoms with van der Waals surface area (Å²) in [6.45, 7) is 7.98. The molecule has 1 rings (SSSR count). The fourth-order valence-electron chi connectivity index (χ4n) is 1.51. The summed E-state index contributed by atoms with van der Waals surface area (Å²) < 4.78 is 5.29. The summed E-state index contributed by atoms with van der Waals surface area (Å²) in [6.07, 6.45) is -0.229. The molecule has 1 atom stereocenters. The predicted octanol–water partition coefficient (Wildman–Crippen LogP) is -0.406. The van der Waals surface area contributed by atoms with Gasteiger partial charge in [-0.25, -0.2) is 0 Å². The van der Waals surface area contributed by atoms with Gasteiger partial charge in [0.25, 0.3) is 0 Å². The molecular weight excluding hydrogens is 208 g/mol. The lowest BCUT2D eigenvalue weighted by molar-refractivity contribution is -0.139. The molecule has 2 N–H and O–H groups in total. The Morgan fingerprint density at radius 3 is 2.81 bits per heavy atom. The highest BCUT2D eigenvalue weighted by molar-refractivity contribution is 5.78. The van der Waals surface area contributed by atoms with Gasteiger partial charge in [0.2, 0.25) is 5.91 Å². The van der Waals surface area contributed by atoms with Crippen molar-refractivity contribution in [2.24, 2.45) is 0 Å². The average Bonchev–Trinajstić information content (AvgIpc) is 2.25. The molecule has 0 radical (unpaired) electrons. The number of nitrogens with one attached hydrogen (secondary N) is 1. The summed E-state index contributed by atoms with van der Waals surface area (Å²) >= 11 is 0. The molecular formula is C11H22N2O3. The Kier molecular flexibility index (Phi) is 4.70. The molecule has 1 unspecified atom stereocenters. The minimum absolute atomic E-state index is 0.0313. The van der Waals surface area contributed by atoms with Crippen LogP contribution in [0.15, 0.2) is 0 Å². The molecule has 1 saturated heterocycles. The van der Waals surface area contributed by atoms with Gasteiger partial charge >= 0.3 is 0 Å². The number of aliphatic hydroxyl groups excluding tert-OH is 1. The summed E-state index contributed by atoms with van der Waals surface area (Å²) in [5, 5.41) is 12.1. The quantitative estimate of drug-likeness (QED) is 0.692. The second kappa shape index (κ2) is 5.61. The maximum atomic E-state index is 11.8. The van der Waals surface area contributed by atoms with Crippen LogP contribution in [-0.2, 0) is 9.53 Å². The lowest BCUT2D eigenvalue weighted by atomic mass is 10.1. The van der Waals surface area contributed by atoms with Crippen molar-refractivity contribution in [2.45, 2.75) is 32.4 Å². The van der Waals surface area contributed by atoms with E-state index in [1.807, 2.05) is 20.8 Å². The van der Waals surface area contributed by atoms with Crippen LogP contribution >= 0.6 is 0 Å². The number of amides is 1. The van der Waals surface area contributed by atoms with Crippen LogP contribution in [0, 0.1) is 0 Å². The third-order valence-electron chi connectivity index (χ3n) is 2.47. The van der Waals surface area contributed by atoms with E-state index in [0.717, 1.165) is 0 Å². The zero-order valence-corrected chi connectivity index (χ0v) is 10.3. The van der Waals surface area contributed by atoms with Crippen LogP contribution in [0.1, 0.15) is 20.8 Å². The number of aliphatic hydroxyl groups is 1. The molecule has 1 aliphatic heterocycles. The van der Waals surface area contributed by atoms with E-state index in [-0.39, 0.29) is 24.2 Å². The van der Waals surface area contributed by atoms with Crippen LogP contribution in [0.2, 0.25) is 0 Å². The number of rotatable bonds is 3. The monoisotopic (exact) mass is 230 g/mol. The first-order valence-corrected chi connectivity index (χ1v) is 5.67. The van der Waals surface area contributed by atoms with Gasteiger partial charge in [0.05, 0.1) is 25.9 Å². The second-order valence-electron chi connectivity index (χ2n) is 5.12. The first-order valence-electron chi connectivity index (χ1n) is 5.67. The molecule has 0 spiro atoms. The fourth-order valence-corrected chi connectivity index (χ4v) is 1.51. The highest BCUT2D eigenvalue weighted by Crippen LogP contribution is 2.05. The highest BCUT2D eigenvalue weighted by atomic mass is 16.5. The molecule has 0 aliphatic carbocycles. The van der Waals surface area contributed by atoms with E-state index in [1.165, 1.54) is 0 Å². The minimum Gasteiger partial charge on any atom is -0.394 e. The predicted molar refractivity (Wildman–Crippen MR) is 61.2 cm³/mol. The van der Waals surface area contributed by atoms with Crippen LogP contribution < -0.4 is 5.32 Å². The normalized spacial score (nSPS) is 22.2. The molecule has 0 saturated carbocycles. The van der Waals surface area contributed by atoms with Gasteiger partial charge in [-0.2, -0.15) is 0 Å². The molecule has 0 aromatic rings. The summed E-state index contributed by atoms with van der Waals surface area (Å²) in [5.74, 6) is 0.0664. The Hall–Kier alpha value is -0.650. The Balaban J connectivity index is 2.36. The smallest absolute Gasteiger partial charge is 0.236 e. The average molecular weight is 230 g/mol. The minimum atomic E-state index is -0.229. The van der Waals surface area contributed by atoms with Gasteiger partial charge in [-0.1, -0.05) is 0 Å². The maximum absolute atomic E-state index is 11.8. The number of carbonyl (C=O) groups is 1. The Morgan fingerprint density at radius 1 is 1.56 bits per heavy atom. The maximum Gasteiger partial charge on any atom is 0.236 e. The van der Waals surface area contributed by atoms with Crippen LogP contribution in [0.3, 0.4) is 0 Å². The first kappa shape index (κ1) is 13.4. The lowest BCUT2D eigenvalue weighted by Crippen LogP contribution is -2.51. The van der Waals surface area contributed by atoms with E-state index in [0.29, 0.717) is 26.2 Å². The Morgan fingerprint density at radius 2 is 2.25 bits per heavy atom. The van der Waals surface area contributed by atoms with Crippen molar-refractivity contribution in [3.05, 3.63) is 0 Å². The summed E-state index contributed by atoms with van der Waals surface area (Å²) in [6, 6.07) is 0. The number of morpholine rings is 1. The molecule has 0 aromatic carbocycles. The van der Waals surface area contributed by atoms with E-state index in [1.54, 1.807) is 4.90 Å². The molecule has 0 bridgehead atoms. The summed E-state index contributed by atoms with van der Waals surface area (Å²) in [7, 11) is 0. The first-order chi connectivity index (χ1) is 7.42. The molecule has 0 aromatic heterocycles. The van der Waals surface area contributed by atoms with Crippen LogP contribution in [0.4, 0.5) is 0 Å². The van der Waals surface area contributed by atoms with Crippen molar-refractivity contribution in [2.75, 3.05) is 32.8 Å². The van der Waals surface area contributed by atoms with Crippen molar-refractivity contribution < 1.29 is 14.6 Å². The number of nitrogens with zero attached hydrogens (tertiary/aromatic N) is 1. The van der Waals surface area contributed by atoms with Crippen molar-refractivity contribution >= 4 is 5.91 Å². The van der Waals surface area contributed by atoms with Crippen molar-refractivity contribution in [1.82, 2.24) is 10.2 Å². The largest absolute Gasteiger partial charge is 0.394 e. The van der Waals surface area contributed by atoms with E-state index in [4.69, 9.17) is 9.84 Å². The molecule has 1 heterocycles. The third-order valence-corrected chi connectivity index (χ3v) is 2.47. The van der Waals surface area contributed by atoms with E-state index >= 15 is 0 Å². The van der Waals surface area contributed by atoms with E-state index < -0.39 is 0 Å². The molecule has 1 amide bonds. The zero-order chi connectivity index (χ0) is 12.2. The van der Waals surface area contributed by atoms with Gasteiger partial charge in [0, 0.05) is 18.6 Å². The SMILES string of the molecule is CC(C)(C)NCC(=O)N1CCOC(CO)C1. The van der Waals surface area contributed by atoms with Gasteiger partial charge in [-0.3, -0.25) is 4.79 Å². The van der Waals surface area contributed by atoms with Gasteiger partial charge < -0.3 is 20.1 Å². The highest BCUT2D eigenvalue weighted by Gasteiger charge is 2.24.